The van der Waals surface area contributed by atoms with E-state index in [1.165, 1.54) is 6.07 Å². The predicted molar refractivity (Wildman–Crippen MR) is 82.9 cm³/mol. The molecule has 3 heteroatoms. The van der Waals surface area contributed by atoms with Gasteiger partial charge in [-0.2, -0.15) is 0 Å². The molecule has 0 aliphatic carbocycles. The summed E-state index contributed by atoms with van der Waals surface area (Å²) in [6.45, 7) is 6.61. The van der Waals surface area contributed by atoms with Crippen molar-refractivity contribution < 1.29 is 4.39 Å². The van der Waals surface area contributed by atoms with Crippen LogP contribution in [0.1, 0.15) is 31.0 Å². The summed E-state index contributed by atoms with van der Waals surface area (Å²) in [5.41, 5.74) is 9.54. The van der Waals surface area contributed by atoms with Crippen LogP contribution in [0.5, 0.6) is 0 Å². The van der Waals surface area contributed by atoms with Crippen molar-refractivity contribution in [1.82, 2.24) is 0 Å². The Labute approximate surface area is 120 Å². The molecule has 2 N–H and O–H groups in total. The molecule has 0 amide bonds. The van der Waals surface area contributed by atoms with E-state index in [0.29, 0.717) is 12.2 Å². The molecule has 0 saturated carbocycles. The zero-order chi connectivity index (χ0) is 14.7. The highest BCUT2D eigenvalue weighted by molar-refractivity contribution is 5.68. The van der Waals surface area contributed by atoms with E-state index in [2.05, 4.69) is 6.07 Å². The molecular formula is C17H21FN2. The van der Waals surface area contributed by atoms with E-state index in [9.17, 15) is 4.39 Å². The number of halogens is 1. The number of rotatable bonds is 4. The number of nitrogens with zero attached hydrogens (tertiary/aromatic N) is 1. The van der Waals surface area contributed by atoms with Crippen molar-refractivity contribution in [2.45, 2.75) is 26.8 Å². The smallest absolute Gasteiger partial charge is 0.147 e. The summed E-state index contributed by atoms with van der Waals surface area (Å²) >= 11 is 0. The number of anilines is 2. The van der Waals surface area contributed by atoms with E-state index in [1.54, 1.807) is 6.07 Å². The second-order valence-corrected chi connectivity index (χ2v) is 5.05. The van der Waals surface area contributed by atoms with E-state index >= 15 is 0 Å². The number of hydrogen-bond donors (Lipinski definition) is 1. The van der Waals surface area contributed by atoms with Gasteiger partial charge in [0.1, 0.15) is 5.82 Å². The van der Waals surface area contributed by atoms with Crippen LogP contribution in [0.4, 0.5) is 15.8 Å². The molecular weight excluding hydrogens is 251 g/mol. The summed E-state index contributed by atoms with van der Waals surface area (Å²) in [5, 5.41) is 0. The van der Waals surface area contributed by atoms with Crippen LogP contribution in [0.15, 0.2) is 42.5 Å². The number of para-hydroxylation sites is 1. The minimum Gasteiger partial charge on any atom is -0.339 e. The Balaban J connectivity index is 2.57. The maximum absolute atomic E-state index is 14.3. The second-order valence-electron chi connectivity index (χ2n) is 5.05. The Hall–Kier alpha value is -1.87. The zero-order valence-electron chi connectivity index (χ0n) is 12.2. The van der Waals surface area contributed by atoms with Gasteiger partial charge >= 0.3 is 0 Å². The van der Waals surface area contributed by atoms with E-state index in [4.69, 9.17) is 5.73 Å². The Morgan fingerprint density at radius 2 is 1.90 bits per heavy atom. The van der Waals surface area contributed by atoms with Gasteiger partial charge in [0.15, 0.2) is 0 Å². The molecule has 2 rings (SSSR count). The summed E-state index contributed by atoms with van der Waals surface area (Å²) in [7, 11) is 0. The van der Waals surface area contributed by atoms with Gasteiger partial charge in [-0.05, 0) is 50.1 Å². The van der Waals surface area contributed by atoms with Crippen LogP contribution < -0.4 is 10.6 Å². The molecule has 2 nitrogen and oxygen atoms in total. The van der Waals surface area contributed by atoms with Gasteiger partial charge in [0, 0.05) is 18.3 Å². The SMILES string of the molecule is CCN(c1cccc(C)c1)c1c(F)cccc1[C@H](C)N. The normalized spacial score (nSPS) is 12.2. The largest absolute Gasteiger partial charge is 0.339 e. The molecule has 2 aromatic rings. The lowest BCUT2D eigenvalue weighted by Gasteiger charge is -2.27. The van der Waals surface area contributed by atoms with Gasteiger partial charge < -0.3 is 10.6 Å². The Bertz CT molecular complexity index is 593. The number of nitrogens with two attached hydrogens (primary N) is 1. The first-order valence-corrected chi connectivity index (χ1v) is 6.92. The maximum Gasteiger partial charge on any atom is 0.147 e. The quantitative estimate of drug-likeness (QED) is 0.898. The van der Waals surface area contributed by atoms with Crippen LogP contribution in [0.3, 0.4) is 0 Å². The van der Waals surface area contributed by atoms with Crippen LogP contribution in [-0.2, 0) is 0 Å². The third-order valence-corrected chi connectivity index (χ3v) is 3.41. The van der Waals surface area contributed by atoms with Crippen molar-refractivity contribution in [1.29, 1.82) is 0 Å². The van der Waals surface area contributed by atoms with Crippen LogP contribution >= 0.6 is 0 Å². The van der Waals surface area contributed by atoms with Gasteiger partial charge in [0.25, 0.3) is 0 Å². The zero-order valence-corrected chi connectivity index (χ0v) is 12.2. The fraction of sp³-hybridized carbons (Fsp3) is 0.294. The third kappa shape index (κ3) is 2.83. The van der Waals surface area contributed by atoms with Crippen molar-refractivity contribution in [3.05, 3.63) is 59.4 Å². The summed E-state index contributed by atoms with van der Waals surface area (Å²) in [5.74, 6) is -0.233. The number of aryl methyl sites for hydroxylation is 1. The highest BCUT2D eigenvalue weighted by atomic mass is 19.1. The standard InChI is InChI=1S/C17H21FN2/c1-4-20(14-8-5-7-12(2)11-14)17-15(13(3)19)9-6-10-16(17)18/h5-11,13H,4,19H2,1-3H3/t13-/m0/s1. The van der Waals surface area contributed by atoms with Gasteiger partial charge in [0.2, 0.25) is 0 Å². The molecule has 0 aliphatic heterocycles. The van der Waals surface area contributed by atoms with E-state index < -0.39 is 0 Å². The van der Waals surface area contributed by atoms with Crippen molar-refractivity contribution in [2.24, 2.45) is 5.73 Å². The molecule has 0 spiro atoms. The molecule has 0 saturated heterocycles. The number of hydrogen-bond acceptors (Lipinski definition) is 2. The Kier molecular flexibility index (Phi) is 4.40. The fourth-order valence-corrected chi connectivity index (χ4v) is 2.45. The molecule has 0 heterocycles. The second kappa shape index (κ2) is 6.06. The van der Waals surface area contributed by atoms with Gasteiger partial charge in [-0.25, -0.2) is 4.39 Å². The van der Waals surface area contributed by atoms with Crippen LogP contribution in [0, 0.1) is 12.7 Å². The van der Waals surface area contributed by atoms with Crippen molar-refractivity contribution in [3.8, 4) is 0 Å². The maximum atomic E-state index is 14.3. The molecule has 0 unspecified atom stereocenters. The van der Waals surface area contributed by atoms with E-state index in [-0.39, 0.29) is 11.9 Å². The van der Waals surface area contributed by atoms with Crippen molar-refractivity contribution in [2.75, 3.05) is 11.4 Å². The van der Waals surface area contributed by atoms with E-state index in [1.807, 2.05) is 49.9 Å². The highest BCUT2D eigenvalue weighted by Crippen LogP contribution is 2.33. The topological polar surface area (TPSA) is 29.3 Å². The van der Waals surface area contributed by atoms with Crippen LogP contribution in [0.25, 0.3) is 0 Å². The van der Waals surface area contributed by atoms with Crippen LogP contribution in [0.2, 0.25) is 0 Å². The third-order valence-electron chi connectivity index (χ3n) is 3.41. The monoisotopic (exact) mass is 272 g/mol. The minimum atomic E-state index is -0.233. The average molecular weight is 272 g/mol. The van der Waals surface area contributed by atoms with Crippen LogP contribution in [-0.4, -0.2) is 6.54 Å². The molecule has 0 bridgehead atoms. The molecule has 0 aromatic heterocycles. The summed E-state index contributed by atoms with van der Waals surface area (Å²) < 4.78 is 14.3. The highest BCUT2D eigenvalue weighted by Gasteiger charge is 2.18. The lowest BCUT2D eigenvalue weighted by atomic mass is 10.0. The van der Waals surface area contributed by atoms with Gasteiger partial charge in [-0.3, -0.25) is 0 Å². The Morgan fingerprint density at radius 3 is 2.50 bits per heavy atom. The first-order valence-electron chi connectivity index (χ1n) is 6.92. The Morgan fingerprint density at radius 1 is 1.20 bits per heavy atom. The molecule has 0 fully saturated rings. The van der Waals surface area contributed by atoms with Crippen molar-refractivity contribution in [3.63, 3.8) is 0 Å². The molecule has 20 heavy (non-hydrogen) atoms. The van der Waals surface area contributed by atoms with Crippen molar-refractivity contribution >= 4 is 11.4 Å². The minimum absolute atomic E-state index is 0.209. The molecule has 0 radical (unpaired) electrons. The summed E-state index contributed by atoms with van der Waals surface area (Å²) in [6, 6.07) is 12.9. The molecule has 2 aromatic carbocycles. The molecule has 0 aliphatic rings. The predicted octanol–water partition coefficient (Wildman–Crippen LogP) is 4.31. The average Bonchev–Trinajstić information content (AvgIpc) is 2.41. The summed E-state index contributed by atoms with van der Waals surface area (Å²) in [6.07, 6.45) is 0. The molecule has 1 atom stereocenters. The lowest BCUT2D eigenvalue weighted by molar-refractivity contribution is 0.620. The summed E-state index contributed by atoms with van der Waals surface area (Å²) in [4.78, 5) is 1.97. The van der Waals surface area contributed by atoms with Gasteiger partial charge in [-0.1, -0.05) is 24.3 Å². The fourth-order valence-electron chi connectivity index (χ4n) is 2.45. The van der Waals surface area contributed by atoms with Gasteiger partial charge in [-0.15, -0.1) is 0 Å². The first kappa shape index (κ1) is 14.5. The van der Waals surface area contributed by atoms with E-state index in [0.717, 1.165) is 16.8 Å². The number of benzene rings is 2. The lowest BCUT2D eigenvalue weighted by Crippen LogP contribution is -2.21. The first-order chi connectivity index (χ1) is 9.54. The van der Waals surface area contributed by atoms with Gasteiger partial charge in [0.05, 0.1) is 5.69 Å². The molecule has 106 valence electrons.